The summed E-state index contributed by atoms with van der Waals surface area (Å²) in [5, 5.41) is 9.22. The molecule has 0 spiro atoms. The van der Waals surface area contributed by atoms with Crippen LogP contribution in [0.15, 0.2) is 29.2 Å². The highest BCUT2D eigenvalue weighted by Crippen LogP contribution is 2.33. The lowest BCUT2D eigenvalue weighted by Crippen LogP contribution is -2.44. The molecule has 2 fully saturated rings. The number of hydrogen-bond donors (Lipinski definition) is 1. The number of amides is 2. The highest BCUT2D eigenvalue weighted by Gasteiger charge is 2.32. The highest BCUT2D eigenvalue weighted by atomic mass is 32.2. The Morgan fingerprint density at radius 3 is 2.90 bits per heavy atom. The Kier molecular flexibility index (Phi) is 7.80. The third-order valence-electron chi connectivity index (χ3n) is 5.25. The fraction of sp³-hybridized carbons (Fsp3) is 0.476. The van der Waals surface area contributed by atoms with Crippen LogP contribution in [0.3, 0.4) is 0 Å². The Hall–Kier alpha value is -1.77. The molecule has 8 heteroatoms. The van der Waals surface area contributed by atoms with Gasteiger partial charge in [-0.05, 0) is 44.2 Å². The maximum Gasteiger partial charge on any atom is 0.266 e. The number of aliphatic hydroxyl groups is 1. The first-order chi connectivity index (χ1) is 14.0. The average Bonchev–Trinajstić information content (AvgIpc) is 2.97. The van der Waals surface area contributed by atoms with Crippen molar-refractivity contribution < 1.29 is 19.1 Å². The van der Waals surface area contributed by atoms with Crippen molar-refractivity contribution in [1.29, 1.82) is 0 Å². The van der Waals surface area contributed by atoms with Gasteiger partial charge in [-0.25, -0.2) is 4.39 Å². The Morgan fingerprint density at radius 2 is 2.14 bits per heavy atom. The number of aliphatic hydroxyl groups excluding tert-OH is 1. The monoisotopic (exact) mass is 436 g/mol. The van der Waals surface area contributed by atoms with Crippen LogP contribution in [-0.2, 0) is 9.59 Å². The van der Waals surface area contributed by atoms with Crippen LogP contribution in [-0.4, -0.2) is 56.8 Å². The van der Waals surface area contributed by atoms with E-state index in [1.165, 1.54) is 17.0 Å². The first kappa shape index (κ1) is 21.9. The number of thiocarbonyl (C=S) groups is 1. The molecule has 2 heterocycles. The molecule has 1 atom stereocenters. The average molecular weight is 437 g/mol. The fourth-order valence-electron chi connectivity index (χ4n) is 3.74. The number of carbonyl (C=O) groups is 2. The van der Waals surface area contributed by atoms with Gasteiger partial charge in [-0.3, -0.25) is 14.5 Å². The summed E-state index contributed by atoms with van der Waals surface area (Å²) in [6, 6.07) is 6.39. The first-order valence-corrected chi connectivity index (χ1v) is 11.1. The molecule has 0 saturated carbocycles. The molecule has 3 rings (SSSR count). The van der Waals surface area contributed by atoms with Gasteiger partial charge in [-0.2, -0.15) is 0 Å². The molecule has 1 aromatic rings. The van der Waals surface area contributed by atoms with Gasteiger partial charge in [-0.1, -0.05) is 42.2 Å². The van der Waals surface area contributed by atoms with Crippen LogP contribution in [0.5, 0.6) is 0 Å². The molecular weight excluding hydrogens is 411 g/mol. The summed E-state index contributed by atoms with van der Waals surface area (Å²) in [5.41, 5.74) is 0.350. The molecule has 1 aromatic carbocycles. The van der Waals surface area contributed by atoms with E-state index in [9.17, 15) is 19.1 Å². The minimum atomic E-state index is -0.387. The molecule has 2 amide bonds. The zero-order valence-corrected chi connectivity index (χ0v) is 17.8. The van der Waals surface area contributed by atoms with Gasteiger partial charge < -0.3 is 10.0 Å². The number of halogens is 1. The zero-order chi connectivity index (χ0) is 20.8. The van der Waals surface area contributed by atoms with Crippen molar-refractivity contribution in [1.82, 2.24) is 9.80 Å². The summed E-state index contributed by atoms with van der Waals surface area (Å²) in [6.07, 6.45) is 5.99. The topological polar surface area (TPSA) is 60.9 Å². The summed E-state index contributed by atoms with van der Waals surface area (Å²) in [4.78, 5) is 29.0. The second-order valence-electron chi connectivity index (χ2n) is 7.21. The molecule has 29 heavy (non-hydrogen) atoms. The van der Waals surface area contributed by atoms with E-state index in [0.717, 1.165) is 37.6 Å². The van der Waals surface area contributed by atoms with Crippen LogP contribution in [0.2, 0.25) is 0 Å². The fourth-order valence-corrected chi connectivity index (χ4v) is 5.04. The number of thioether (sulfide) groups is 1. The Bertz CT molecular complexity index is 813. The van der Waals surface area contributed by atoms with Crippen molar-refractivity contribution in [3.05, 3.63) is 40.6 Å². The van der Waals surface area contributed by atoms with E-state index in [0.29, 0.717) is 40.6 Å². The van der Waals surface area contributed by atoms with E-state index in [-0.39, 0.29) is 30.3 Å². The van der Waals surface area contributed by atoms with Crippen LogP contribution in [0, 0.1) is 5.82 Å². The van der Waals surface area contributed by atoms with Gasteiger partial charge >= 0.3 is 0 Å². The SMILES string of the molecule is O=C1/C(=C/c2ccccc2F)SC(=S)N1CCCC(=O)N1CCCC[C@@H]1CCO. The molecule has 5 nitrogen and oxygen atoms in total. The molecule has 2 aliphatic heterocycles. The molecule has 156 valence electrons. The number of nitrogens with zero attached hydrogens (tertiary/aromatic N) is 2. The number of likely N-dealkylation sites (tertiary alicyclic amines) is 1. The molecule has 0 aliphatic carbocycles. The van der Waals surface area contributed by atoms with Crippen molar-refractivity contribution in [3.8, 4) is 0 Å². The normalized spacial score (nSPS) is 21.3. The number of rotatable bonds is 7. The van der Waals surface area contributed by atoms with E-state index >= 15 is 0 Å². The molecule has 2 saturated heterocycles. The number of benzene rings is 1. The summed E-state index contributed by atoms with van der Waals surface area (Å²) in [7, 11) is 0. The predicted molar refractivity (Wildman–Crippen MR) is 117 cm³/mol. The van der Waals surface area contributed by atoms with Gasteiger partial charge in [0.1, 0.15) is 10.1 Å². The molecule has 2 aliphatic rings. The Balaban J connectivity index is 1.55. The van der Waals surface area contributed by atoms with Crippen molar-refractivity contribution in [2.75, 3.05) is 19.7 Å². The predicted octanol–water partition coefficient (Wildman–Crippen LogP) is 3.57. The zero-order valence-electron chi connectivity index (χ0n) is 16.2. The quantitative estimate of drug-likeness (QED) is 0.523. The van der Waals surface area contributed by atoms with Crippen LogP contribution in [0.25, 0.3) is 6.08 Å². The summed E-state index contributed by atoms with van der Waals surface area (Å²) in [5.74, 6) is -0.565. The second kappa shape index (κ2) is 10.3. The number of hydrogen-bond acceptors (Lipinski definition) is 5. The summed E-state index contributed by atoms with van der Waals surface area (Å²) >= 11 is 6.47. The van der Waals surface area contributed by atoms with Gasteiger partial charge in [-0.15, -0.1) is 0 Å². The third-order valence-corrected chi connectivity index (χ3v) is 6.63. The van der Waals surface area contributed by atoms with Gasteiger partial charge in [0.05, 0.1) is 4.91 Å². The van der Waals surface area contributed by atoms with E-state index < -0.39 is 0 Å². The highest BCUT2D eigenvalue weighted by molar-refractivity contribution is 8.26. The van der Waals surface area contributed by atoms with Crippen LogP contribution in [0.1, 0.15) is 44.1 Å². The molecular formula is C21H25FN2O3S2. The van der Waals surface area contributed by atoms with E-state index in [1.807, 2.05) is 4.90 Å². The van der Waals surface area contributed by atoms with Gasteiger partial charge in [0.2, 0.25) is 5.91 Å². The van der Waals surface area contributed by atoms with E-state index in [1.54, 1.807) is 18.2 Å². The number of carbonyl (C=O) groups excluding carboxylic acids is 2. The molecule has 0 radical (unpaired) electrons. The Labute approximate surface area is 179 Å². The molecule has 1 N–H and O–H groups in total. The van der Waals surface area contributed by atoms with Crippen LogP contribution in [0.4, 0.5) is 4.39 Å². The maximum absolute atomic E-state index is 13.8. The van der Waals surface area contributed by atoms with Crippen LogP contribution >= 0.6 is 24.0 Å². The molecule has 0 aromatic heterocycles. The summed E-state index contributed by atoms with van der Waals surface area (Å²) in [6.45, 7) is 1.18. The van der Waals surface area contributed by atoms with Crippen molar-refractivity contribution >= 4 is 46.2 Å². The minimum absolute atomic E-state index is 0.0653. The minimum Gasteiger partial charge on any atom is -0.396 e. The maximum atomic E-state index is 13.8. The Morgan fingerprint density at radius 1 is 1.34 bits per heavy atom. The third kappa shape index (κ3) is 5.43. The van der Waals surface area contributed by atoms with Gasteiger partial charge in [0.15, 0.2) is 0 Å². The standard InChI is InChI=1S/C21H25FN2O3S2/c22-17-8-2-1-6-15(17)14-18-20(27)24(21(28)29-18)12-5-9-19(26)23-11-4-3-7-16(23)10-13-25/h1-2,6,8,14,16,25H,3-5,7,9-13H2/b18-14-/t16-/m1/s1. The van der Waals surface area contributed by atoms with Crippen molar-refractivity contribution in [3.63, 3.8) is 0 Å². The van der Waals surface area contributed by atoms with E-state index in [4.69, 9.17) is 12.2 Å². The van der Waals surface area contributed by atoms with Crippen molar-refractivity contribution in [2.24, 2.45) is 0 Å². The first-order valence-electron chi connectivity index (χ1n) is 9.91. The second-order valence-corrected chi connectivity index (χ2v) is 8.88. The lowest BCUT2D eigenvalue weighted by Gasteiger charge is -2.35. The lowest BCUT2D eigenvalue weighted by molar-refractivity contribution is -0.135. The van der Waals surface area contributed by atoms with E-state index in [2.05, 4.69) is 0 Å². The smallest absolute Gasteiger partial charge is 0.266 e. The molecule has 0 bridgehead atoms. The lowest BCUT2D eigenvalue weighted by atomic mass is 9.99. The van der Waals surface area contributed by atoms with Gasteiger partial charge in [0, 0.05) is 37.7 Å². The van der Waals surface area contributed by atoms with Crippen LogP contribution < -0.4 is 0 Å². The molecule has 0 unspecified atom stereocenters. The largest absolute Gasteiger partial charge is 0.396 e. The van der Waals surface area contributed by atoms with Crippen molar-refractivity contribution in [2.45, 2.75) is 44.6 Å². The number of piperidine rings is 1. The summed E-state index contributed by atoms with van der Waals surface area (Å²) < 4.78 is 14.3. The van der Waals surface area contributed by atoms with Gasteiger partial charge in [0.25, 0.3) is 5.91 Å².